The van der Waals surface area contributed by atoms with E-state index in [0.29, 0.717) is 6.61 Å². The molecule has 0 aliphatic rings. The molecule has 0 aromatic rings. The van der Waals surface area contributed by atoms with Crippen molar-refractivity contribution in [1.29, 1.82) is 0 Å². The third-order valence-corrected chi connectivity index (χ3v) is 4.15. The SMILES string of the molecule is CCN(C)CCC(CO)COCCC[SiH2]OC. The molecule has 0 aliphatic carbocycles. The minimum Gasteiger partial charge on any atom is -0.427 e. The topological polar surface area (TPSA) is 41.9 Å². The molecule has 0 fully saturated rings. The minimum atomic E-state index is -0.290. The molecule has 0 radical (unpaired) electrons. The molecular weight excluding hydrogens is 234 g/mol. The molecule has 0 aromatic carbocycles. The lowest BCUT2D eigenvalue weighted by molar-refractivity contribution is 0.0658. The van der Waals surface area contributed by atoms with Gasteiger partial charge in [-0.1, -0.05) is 6.92 Å². The van der Waals surface area contributed by atoms with Gasteiger partial charge in [0.2, 0.25) is 0 Å². The number of hydrogen-bond donors (Lipinski definition) is 1. The molecule has 4 nitrogen and oxygen atoms in total. The van der Waals surface area contributed by atoms with E-state index in [1.807, 2.05) is 0 Å². The lowest BCUT2D eigenvalue weighted by Gasteiger charge is -2.19. The van der Waals surface area contributed by atoms with Crippen LogP contribution in [0.3, 0.4) is 0 Å². The zero-order valence-electron chi connectivity index (χ0n) is 11.7. The highest BCUT2D eigenvalue weighted by atomic mass is 28.2. The van der Waals surface area contributed by atoms with Crippen LogP contribution >= 0.6 is 0 Å². The summed E-state index contributed by atoms with van der Waals surface area (Å²) in [5, 5.41) is 9.24. The van der Waals surface area contributed by atoms with Crippen LogP contribution in [0.15, 0.2) is 0 Å². The summed E-state index contributed by atoms with van der Waals surface area (Å²) in [6.07, 6.45) is 2.10. The quantitative estimate of drug-likeness (QED) is 0.411. The zero-order chi connectivity index (χ0) is 12.9. The second-order valence-corrected chi connectivity index (χ2v) is 6.20. The summed E-state index contributed by atoms with van der Waals surface area (Å²) in [4.78, 5) is 2.26. The van der Waals surface area contributed by atoms with E-state index in [9.17, 15) is 5.11 Å². The monoisotopic (exact) mass is 263 g/mol. The van der Waals surface area contributed by atoms with E-state index in [0.717, 1.165) is 32.5 Å². The number of aliphatic hydroxyl groups excluding tert-OH is 1. The van der Waals surface area contributed by atoms with Gasteiger partial charge in [-0.05, 0) is 39.0 Å². The summed E-state index contributed by atoms with van der Waals surface area (Å²) in [5.41, 5.74) is 0. The molecule has 0 aliphatic heterocycles. The molecule has 1 N–H and O–H groups in total. The van der Waals surface area contributed by atoms with Crippen molar-refractivity contribution < 1.29 is 14.3 Å². The largest absolute Gasteiger partial charge is 0.427 e. The first-order valence-electron chi connectivity index (χ1n) is 6.60. The van der Waals surface area contributed by atoms with E-state index in [1.54, 1.807) is 7.11 Å². The summed E-state index contributed by atoms with van der Waals surface area (Å²) < 4.78 is 10.7. The predicted molar refractivity (Wildman–Crippen MR) is 74.2 cm³/mol. The van der Waals surface area contributed by atoms with Gasteiger partial charge in [-0.2, -0.15) is 0 Å². The van der Waals surface area contributed by atoms with Gasteiger partial charge in [-0.3, -0.25) is 0 Å². The first-order valence-corrected chi connectivity index (χ1v) is 8.18. The summed E-state index contributed by atoms with van der Waals surface area (Å²) >= 11 is 0. The first kappa shape index (κ1) is 17.1. The average Bonchev–Trinajstić information content (AvgIpc) is 2.36. The van der Waals surface area contributed by atoms with Gasteiger partial charge >= 0.3 is 0 Å². The minimum absolute atomic E-state index is 0.227. The van der Waals surface area contributed by atoms with Gasteiger partial charge in [0.1, 0.15) is 0 Å². The van der Waals surface area contributed by atoms with E-state index >= 15 is 0 Å². The Morgan fingerprint density at radius 3 is 2.76 bits per heavy atom. The molecule has 1 atom stereocenters. The Hall–Kier alpha value is 0.0569. The van der Waals surface area contributed by atoms with Crippen LogP contribution in [0.2, 0.25) is 6.04 Å². The number of hydrogen-bond acceptors (Lipinski definition) is 4. The smallest absolute Gasteiger partial charge is 0.161 e. The predicted octanol–water partition coefficient (Wildman–Crippen LogP) is 0.492. The van der Waals surface area contributed by atoms with Gasteiger partial charge in [-0.15, -0.1) is 0 Å². The van der Waals surface area contributed by atoms with E-state index in [-0.39, 0.29) is 22.3 Å². The third kappa shape index (κ3) is 10.9. The fourth-order valence-electron chi connectivity index (χ4n) is 1.49. The second-order valence-electron chi connectivity index (χ2n) is 4.51. The van der Waals surface area contributed by atoms with Crippen LogP contribution in [0.5, 0.6) is 0 Å². The van der Waals surface area contributed by atoms with E-state index in [4.69, 9.17) is 9.16 Å². The molecule has 17 heavy (non-hydrogen) atoms. The van der Waals surface area contributed by atoms with Crippen LogP contribution in [-0.4, -0.2) is 66.8 Å². The molecule has 0 spiro atoms. The normalized spacial score (nSPS) is 13.9. The molecule has 0 aromatic heterocycles. The summed E-state index contributed by atoms with van der Waals surface area (Å²) in [6, 6.07) is 1.18. The Morgan fingerprint density at radius 1 is 1.41 bits per heavy atom. The van der Waals surface area contributed by atoms with Crippen molar-refractivity contribution in [2.45, 2.75) is 25.8 Å². The average molecular weight is 263 g/mol. The summed E-state index contributed by atoms with van der Waals surface area (Å²) in [5.74, 6) is 0.281. The maximum absolute atomic E-state index is 9.24. The van der Waals surface area contributed by atoms with Crippen molar-refractivity contribution in [2.24, 2.45) is 5.92 Å². The highest BCUT2D eigenvalue weighted by Gasteiger charge is 2.08. The van der Waals surface area contributed by atoms with E-state index in [2.05, 4.69) is 18.9 Å². The Balaban J connectivity index is 3.41. The molecule has 104 valence electrons. The Bertz CT molecular complexity index is 161. The highest BCUT2D eigenvalue weighted by molar-refractivity contribution is 6.26. The lowest BCUT2D eigenvalue weighted by Crippen LogP contribution is -2.24. The van der Waals surface area contributed by atoms with Crippen molar-refractivity contribution in [1.82, 2.24) is 4.90 Å². The summed E-state index contributed by atoms with van der Waals surface area (Å²) in [7, 11) is 3.59. The zero-order valence-corrected chi connectivity index (χ0v) is 13.1. The molecule has 0 bridgehead atoms. The second kappa shape index (κ2) is 12.5. The van der Waals surface area contributed by atoms with Gasteiger partial charge < -0.3 is 19.2 Å². The van der Waals surface area contributed by atoms with Gasteiger partial charge in [0.15, 0.2) is 9.76 Å². The van der Waals surface area contributed by atoms with Gasteiger partial charge in [-0.25, -0.2) is 0 Å². The van der Waals surface area contributed by atoms with Crippen molar-refractivity contribution >= 4 is 9.76 Å². The van der Waals surface area contributed by atoms with Crippen molar-refractivity contribution in [3.8, 4) is 0 Å². The van der Waals surface area contributed by atoms with E-state index < -0.39 is 0 Å². The van der Waals surface area contributed by atoms with Crippen molar-refractivity contribution in [2.75, 3.05) is 47.1 Å². The van der Waals surface area contributed by atoms with Crippen molar-refractivity contribution in [3.63, 3.8) is 0 Å². The third-order valence-electron chi connectivity index (χ3n) is 2.96. The fourth-order valence-corrected chi connectivity index (χ4v) is 2.19. The number of aliphatic hydroxyl groups is 1. The van der Waals surface area contributed by atoms with Crippen LogP contribution in [0, 0.1) is 5.92 Å². The first-order chi connectivity index (χ1) is 8.24. The Kier molecular flexibility index (Phi) is 12.6. The Morgan fingerprint density at radius 2 is 2.18 bits per heavy atom. The number of nitrogens with zero attached hydrogens (tertiary/aromatic N) is 1. The maximum Gasteiger partial charge on any atom is 0.161 e. The molecule has 0 saturated carbocycles. The van der Waals surface area contributed by atoms with Crippen LogP contribution in [0.25, 0.3) is 0 Å². The number of ether oxygens (including phenoxy) is 1. The maximum atomic E-state index is 9.24. The molecule has 0 saturated heterocycles. The summed E-state index contributed by atoms with van der Waals surface area (Å²) in [6.45, 7) is 5.94. The molecule has 1 unspecified atom stereocenters. The van der Waals surface area contributed by atoms with Crippen LogP contribution in [-0.2, 0) is 9.16 Å². The van der Waals surface area contributed by atoms with Crippen LogP contribution in [0.4, 0.5) is 0 Å². The molecule has 0 heterocycles. The van der Waals surface area contributed by atoms with E-state index in [1.165, 1.54) is 6.04 Å². The van der Waals surface area contributed by atoms with Crippen molar-refractivity contribution in [3.05, 3.63) is 0 Å². The van der Waals surface area contributed by atoms with Crippen LogP contribution < -0.4 is 0 Å². The molecular formula is C12H29NO3Si. The fraction of sp³-hybridized carbons (Fsp3) is 1.00. The molecule has 0 rings (SSSR count). The standard InChI is InChI=1S/C12H29NO3Si/c1-4-13(2)7-6-12(10-14)11-16-8-5-9-17-15-3/h12,14H,4-11,17H2,1-3H3. The lowest BCUT2D eigenvalue weighted by atomic mass is 10.1. The molecule has 5 heteroatoms. The number of rotatable bonds is 12. The highest BCUT2D eigenvalue weighted by Crippen LogP contribution is 2.05. The Labute approximate surface area is 108 Å². The van der Waals surface area contributed by atoms with Gasteiger partial charge in [0.25, 0.3) is 0 Å². The molecule has 0 amide bonds. The van der Waals surface area contributed by atoms with Gasteiger partial charge in [0.05, 0.1) is 6.61 Å². The van der Waals surface area contributed by atoms with Gasteiger partial charge in [0, 0.05) is 26.2 Å². The van der Waals surface area contributed by atoms with Crippen LogP contribution in [0.1, 0.15) is 19.8 Å².